The molecule has 86 valence electrons. The summed E-state index contributed by atoms with van der Waals surface area (Å²) >= 11 is 0. The van der Waals surface area contributed by atoms with E-state index >= 15 is 0 Å². The van der Waals surface area contributed by atoms with Gasteiger partial charge >= 0.3 is 0 Å². The average Bonchev–Trinajstić information content (AvgIpc) is 2.08. The Hall–Kier alpha value is -0.0800. The Kier molecular flexibility index (Phi) is 9.42. The molecule has 0 aliphatic rings. The van der Waals surface area contributed by atoms with Crippen LogP contribution in [0, 0.1) is 5.92 Å². The van der Waals surface area contributed by atoms with E-state index in [0.717, 1.165) is 5.92 Å². The van der Waals surface area contributed by atoms with E-state index in [0.29, 0.717) is 0 Å². The maximum absolute atomic E-state index is 3.49. The lowest BCUT2D eigenvalue weighted by atomic mass is 10.1. The quantitative estimate of drug-likeness (QED) is 0.575. The van der Waals surface area contributed by atoms with Gasteiger partial charge in [0.2, 0.25) is 0 Å². The minimum absolute atomic E-state index is 0.865. The topological polar surface area (TPSA) is 15.3 Å². The van der Waals surface area contributed by atoms with Gasteiger partial charge in [0.15, 0.2) is 0 Å². The first kappa shape index (κ1) is 13.9. The second-order valence-corrected chi connectivity index (χ2v) is 4.80. The van der Waals surface area contributed by atoms with Crippen molar-refractivity contribution in [3.05, 3.63) is 0 Å². The van der Waals surface area contributed by atoms with Crippen LogP contribution in [0.25, 0.3) is 0 Å². The molecule has 0 aliphatic heterocycles. The van der Waals surface area contributed by atoms with Gasteiger partial charge in [-0.1, -0.05) is 26.7 Å². The zero-order chi connectivity index (χ0) is 10.8. The molecule has 0 unspecified atom stereocenters. The van der Waals surface area contributed by atoms with E-state index in [9.17, 15) is 0 Å². The molecule has 0 atom stereocenters. The molecule has 0 heterocycles. The van der Waals surface area contributed by atoms with Crippen LogP contribution in [0.4, 0.5) is 0 Å². The number of unbranched alkanes of at least 4 members (excludes halogenated alkanes) is 1. The Labute approximate surface area is 90.1 Å². The molecule has 0 aromatic carbocycles. The molecule has 2 nitrogen and oxygen atoms in total. The summed E-state index contributed by atoms with van der Waals surface area (Å²) in [7, 11) is 4.26. The van der Waals surface area contributed by atoms with E-state index < -0.39 is 0 Å². The first-order valence-corrected chi connectivity index (χ1v) is 5.98. The number of nitrogens with zero attached hydrogens (tertiary/aromatic N) is 1. The maximum Gasteiger partial charge on any atom is -0.00127 e. The molecule has 0 saturated carbocycles. The molecular formula is C12H28N2. The molecule has 0 radical (unpaired) electrons. The summed E-state index contributed by atoms with van der Waals surface area (Å²) in [5.41, 5.74) is 0. The van der Waals surface area contributed by atoms with Crippen molar-refractivity contribution < 1.29 is 0 Å². The van der Waals surface area contributed by atoms with E-state index in [2.05, 4.69) is 38.2 Å². The molecule has 0 amide bonds. The van der Waals surface area contributed by atoms with Crippen molar-refractivity contribution in [1.29, 1.82) is 0 Å². The Bertz CT molecular complexity index is 96.9. The fourth-order valence-electron chi connectivity index (χ4n) is 1.45. The van der Waals surface area contributed by atoms with Gasteiger partial charge in [-0.25, -0.2) is 0 Å². The highest BCUT2D eigenvalue weighted by Crippen LogP contribution is 2.04. The first-order valence-electron chi connectivity index (χ1n) is 5.98. The summed E-state index contributed by atoms with van der Waals surface area (Å²) in [6, 6.07) is 0. The van der Waals surface area contributed by atoms with Crippen LogP contribution in [0.1, 0.15) is 39.5 Å². The van der Waals surface area contributed by atoms with Crippen LogP contribution in [0.5, 0.6) is 0 Å². The van der Waals surface area contributed by atoms with Crippen molar-refractivity contribution in [3.63, 3.8) is 0 Å². The molecule has 0 fully saturated rings. The summed E-state index contributed by atoms with van der Waals surface area (Å²) in [5.74, 6) is 0.865. The molecule has 2 heteroatoms. The van der Waals surface area contributed by atoms with Gasteiger partial charge in [-0.3, -0.25) is 0 Å². The smallest absolute Gasteiger partial charge is 0.00127 e. The molecular weight excluding hydrogens is 172 g/mol. The van der Waals surface area contributed by atoms with Crippen LogP contribution in [-0.4, -0.2) is 38.6 Å². The van der Waals surface area contributed by atoms with Crippen molar-refractivity contribution in [3.8, 4) is 0 Å². The van der Waals surface area contributed by atoms with E-state index in [1.54, 1.807) is 0 Å². The van der Waals surface area contributed by atoms with Crippen molar-refractivity contribution in [1.82, 2.24) is 10.2 Å². The highest BCUT2D eigenvalue weighted by Gasteiger charge is 1.94. The van der Waals surface area contributed by atoms with E-state index in [-0.39, 0.29) is 0 Å². The zero-order valence-corrected chi connectivity index (χ0v) is 10.5. The summed E-state index contributed by atoms with van der Waals surface area (Å²) in [6.45, 7) is 8.15. The second kappa shape index (κ2) is 9.47. The molecule has 0 aromatic rings. The first-order chi connectivity index (χ1) is 6.63. The third-order valence-corrected chi connectivity index (χ3v) is 2.34. The highest BCUT2D eigenvalue weighted by molar-refractivity contribution is 4.52. The number of nitrogens with one attached hydrogen (secondary N) is 1. The number of rotatable bonds is 9. The monoisotopic (exact) mass is 200 g/mol. The lowest BCUT2D eigenvalue weighted by molar-refractivity contribution is 0.393. The van der Waals surface area contributed by atoms with Gasteiger partial charge in [0.25, 0.3) is 0 Å². The predicted octanol–water partition coefficient (Wildman–Crippen LogP) is 2.35. The molecule has 0 spiro atoms. The molecule has 0 aromatic heterocycles. The molecule has 0 saturated heterocycles. The third-order valence-electron chi connectivity index (χ3n) is 2.34. The highest BCUT2D eigenvalue weighted by atomic mass is 15.0. The second-order valence-electron chi connectivity index (χ2n) is 4.80. The van der Waals surface area contributed by atoms with Gasteiger partial charge in [0.1, 0.15) is 0 Å². The van der Waals surface area contributed by atoms with Crippen molar-refractivity contribution in [2.24, 2.45) is 5.92 Å². The van der Waals surface area contributed by atoms with Crippen molar-refractivity contribution in [2.75, 3.05) is 33.7 Å². The molecule has 0 aliphatic carbocycles. The van der Waals surface area contributed by atoms with Crippen molar-refractivity contribution >= 4 is 0 Å². The van der Waals surface area contributed by atoms with Gasteiger partial charge in [-0.15, -0.1) is 0 Å². The Morgan fingerprint density at radius 2 is 1.64 bits per heavy atom. The van der Waals surface area contributed by atoms with Crippen LogP contribution < -0.4 is 5.32 Å². The average molecular weight is 200 g/mol. The Morgan fingerprint density at radius 1 is 1.00 bits per heavy atom. The fourth-order valence-corrected chi connectivity index (χ4v) is 1.45. The van der Waals surface area contributed by atoms with Gasteiger partial charge in [-0.2, -0.15) is 0 Å². The van der Waals surface area contributed by atoms with Crippen LogP contribution >= 0.6 is 0 Å². The van der Waals surface area contributed by atoms with E-state index in [1.165, 1.54) is 45.3 Å². The zero-order valence-electron chi connectivity index (χ0n) is 10.5. The van der Waals surface area contributed by atoms with Crippen LogP contribution in [0.15, 0.2) is 0 Å². The molecule has 14 heavy (non-hydrogen) atoms. The maximum atomic E-state index is 3.49. The lowest BCUT2D eigenvalue weighted by Gasteiger charge is -2.10. The third kappa shape index (κ3) is 11.9. The van der Waals surface area contributed by atoms with Gasteiger partial charge in [-0.05, 0) is 52.5 Å². The summed E-state index contributed by atoms with van der Waals surface area (Å²) < 4.78 is 0. The molecule has 0 bridgehead atoms. The van der Waals surface area contributed by atoms with Crippen LogP contribution in [0.3, 0.4) is 0 Å². The normalized spacial score (nSPS) is 11.6. The van der Waals surface area contributed by atoms with Crippen molar-refractivity contribution in [2.45, 2.75) is 39.5 Å². The van der Waals surface area contributed by atoms with Gasteiger partial charge < -0.3 is 10.2 Å². The fraction of sp³-hybridized carbons (Fsp3) is 1.00. The van der Waals surface area contributed by atoms with Gasteiger partial charge in [0, 0.05) is 0 Å². The SMILES string of the molecule is CC(C)CCCCNCCCN(C)C. The minimum Gasteiger partial charge on any atom is -0.317 e. The molecule has 0 rings (SSSR count). The van der Waals surface area contributed by atoms with Crippen LogP contribution in [-0.2, 0) is 0 Å². The largest absolute Gasteiger partial charge is 0.317 e. The van der Waals surface area contributed by atoms with Gasteiger partial charge in [0.05, 0.1) is 0 Å². The van der Waals surface area contributed by atoms with E-state index in [4.69, 9.17) is 0 Å². The molecule has 1 N–H and O–H groups in total. The summed E-state index contributed by atoms with van der Waals surface area (Å²) in [6.07, 6.45) is 5.34. The van der Waals surface area contributed by atoms with E-state index in [1.807, 2.05) is 0 Å². The lowest BCUT2D eigenvalue weighted by Crippen LogP contribution is -2.22. The minimum atomic E-state index is 0.865. The Balaban J connectivity index is 2.92. The Morgan fingerprint density at radius 3 is 2.21 bits per heavy atom. The number of hydrogen-bond acceptors (Lipinski definition) is 2. The predicted molar refractivity (Wildman–Crippen MR) is 64.7 cm³/mol. The number of hydrogen-bond donors (Lipinski definition) is 1. The summed E-state index contributed by atoms with van der Waals surface area (Å²) in [4.78, 5) is 2.24. The standard InChI is InChI=1S/C12H28N2/c1-12(2)8-5-6-9-13-10-7-11-14(3)4/h12-13H,5-11H2,1-4H3. The van der Waals surface area contributed by atoms with Crippen LogP contribution in [0.2, 0.25) is 0 Å². The summed E-state index contributed by atoms with van der Waals surface area (Å²) in [5, 5.41) is 3.49.